The lowest BCUT2D eigenvalue weighted by Crippen LogP contribution is -2.29. The predicted molar refractivity (Wildman–Crippen MR) is 65.0 cm³/mol. The molecule has 2 rings (SSSR count). The number of hydrogen-bond donors (Lipinski definition) is 1. The van der Waals surface area contributed by atoms with Gasteiger partial charge in [0.25, 0.3) is 0 Å². The van der Waals surface area contributed by atoms with Gasteiger partial charge in [-0.05, 0) is 62.7 Å². The fourth-order valence-electron chi connectivity index (χ4n) is 2.04. The maximum absolute atomic E-state index is 4.27. The van der Waals surface area contributed by atoms with Gasteiger partial charge in [-0.25, -0.2) is 0 Å². The summed E-state index contributed by atoms with van der Waals surface area (Å²) in [6.45, 7) is 4.11. The van der Waals surface area contributed by atoms with Gasteiger partial charge in [-0.15, -0.1) is 0 Å². The molecular weight excluding hydrogens is 190 g/mol. The summed E-state index contributed by atoms with van der Waals surface area (Å²) in [4.78, 5) is 2.72. The maximum atomic E-state index is 4.27. The summed E-state index contributed by atoms with van der Waals surface area (Å²) in [5.74, 6) is 3.18. The third-order valence-corrected chi connectivity index (χ3v) is 3.63. The molecule has 0 heterocycles. The molecule has 2 saturated carbocycles. The van der Waals surface area contributed by atoms with Crippen molar-refractivity contribution in [1.29, 1.82) is 0 Å². The molecule has 14 heavy (non-hydrogen) atoms. The lowest BCUT2D eigenvalue weighted by Gasteiger charge is -2.21. The van der Waals surface area contributed by atoms with Gasteiger partial charge >= 0.3 is 0 Å². The van der Waals surface area contributed by atoms with E-state index in [4.69, 9.17) is 0 Å². The Morgan fingerprint density at radius 3 is 1.93 bits per heavy atom. The van der Waals surface area contributed by atoms with E-state index in [1.54, 1.807) is 0 Å². The Labute approximate surface area is 93.7 Å². The molecule has 1 nitrogen and oxygen atoms in total. The molecule has 0 radical (unpaired) electrons. The fourth-order valence-corrected chi connectivity index (χ4v) is 2.26. The van der Waals surface area contributed by atoms with E-state index in [2.05, 4.69) is 17.5 Å². The van der Waals surface area contributed by atoms with Crippen LogP contribution in [0.3, 0.4) is 0 Å². The molecule has 2 aliphatic rings. The van der Waals surface area contributed by atoms with Crippen LogP contribution in [0.1, 0.15) is 38.5 Å². The number of unbranched alkanes of at least 4 members (excludes halogenated alkanes) is 1. The number of hydrogen-bond acceptors (Lipinski definition) is 2. The minimum atomic E-state index is 1.06. The largest absolute Gasteiger partial charge is 0.303 e. The highest BCUT2D eigenvalue weighted by Gasteiger charge is 2.28. The highest BCUT2D eigenvalue weighted by molar-refractivity contribution is 7.80. The van der Waals surface area contributed by atoms with Crippen LogP contribution in [-0.4, -0.2) is 30.3 Å². The normalized spacial score (nSPS) is 21.9. The fraction of sp³-hybridized carbons (Fsp3) is 1.00. The topological polar surface area (TPSA) is 3.24 Å². The molecule has 0 bridgehead atoms. The summed E-state index contributed by atoms with van der Waals surface area (Å²) in [6, 6.07) is 0. The predicted octanol–water partition coefficient (Wildman–Crippen LogP) is 2.82. The second kappa shape index (κ2) is 5.41. The van der Waals surface area contributed by atoms with Gasteiger partial charge in [0.2, 0.25) is 0 Å². The zero-order valence-corrected chi connectivity index (χ0v) is 10.0. The second-order valence-electron chi connectivity index (χ2n) is 5.08. The molecule has 0 atom stereocenters. The molecule has 0 aliphatic heterocycles. The molecule has 0 spiro atoms. The van der Waals surface area contributed by atoms with Gasteiger partial charge in [0, 0.05) is 13.1 Å². The Balaban J connectivity index is 1.61. The van der Waals surface area contributed by atoms with E-state index in [-0.39, 0.29) is 0 Å². The van der Waals surface area contributed by atoms with Crippen molar-refractivity contribution in [1.82, 2.24) is 4.90 Å². The molecule has 0 saturated heterocycles. The van der Waals surface area contributed by atoms with Gasteiger partial charge in [-0.3, -0.25) is 0 Å². The molecule has 0 aromatic carbocycles. The molecule has 82 valence electrons. The van der Waals surface area contributed by atoms with E-state index >= 15 is 0 Å². The quantitative estimate of drug-likeness (QED) is 0.479. The van der Waals surface area contributed by atoms with E-state index in [0.717, 1.165) is 17.6 Å². The molecule has 2 fully saturated rings. The maximum Gasteiger partial charge on any atom is 0.000978 e. The molecule has 0 unspecified atom stereocenters. The summed E-state index contributed by atoms with van der Waals surface area (Å²) >= 11 is 4.27. The average Bonchev–Trinajstić information content (AvgIpc) is 2.99. The zero-order chi connectivity index (χ0) is 9.80. The van der Waals surface area contributed by atoms with Crippen LogP contribution in [0.5, 0.6) is 0 Å². The minimum absolute atomic E-state index is 1.06. The number of nitrogens with zero attached hydrogens (tertiary/aromatic N) is 1. The monoisotopic (exact) mass is 213 g/mol. The first-order valence-electron chi connectivity index (χ1n) is 6.21. The lowest BCUT2D eigenvalue weighted by molar-refractivity contribution is 0.249. The van der Waals surface area contributed by atoms with E-state index in [1.165, 1.54) is 58.2 Å². The van der Waals surface area contributed by atoms with Gasteiger partial charge in [-0.1, -0.05) is 0 Å². The number of rotatable bonds is 8. The molecule has 2 heteroatoms. The first-order chi connectivity index (χ1) is 6.88. The van der Waals surface area contributed by atoms with E-state index in [9.17, 15) is 0 Å². The van der Waals surface area contributed by atoms with E-state index in [1.807, 2.05) is 0 Å². The van der Waals surface area contributed by atoms with Crippen LogP contribution in [0.25, 0.3) is 0 Å². The minimum Gasteiger partial charge on any atom is -0.303 e. The summed E-state index contributed by atoms with van der Waals surface area (Å²) in [5, 5.41) is 0. The van der Waals surface area contributed by atoms with Crippen LogP contribution >= 0.6 is 12.6 Å². The number of thiol groups is 1. The van der Waals surface area contributed by atoms with Crippen molar-refractivity contribution in [2.24, 2.45) is 11.8 Å². The van der Waals surface area contributed by atoms with Crippen molar-refractivity contribution < 1.29 is 0 Å². The summed E-state index contributed by atoms with van der Waals surface area (Å²) < 4.78 is 0. The molecule has 0 amide bonds. The van der Waals surface area contributed by atoms with Crippen molar-refractivity contribution in [3.05, 3.63) is 0 Å². The van der Waals surface area contributed by atoms with Gasteiger partial charge in [0.05, 0.1) is 0 Å². The van der Waals surface area contributed by atoms with Gasteiger partial charge < -0.3 is 4.90 Å². The van der Waals surface area contributed by atoms with Crippen molar-refractivity contribution in [2.75, 3.05) is 25.4 Å². The molecular formula is C12H23NS. The third kappa shape index (κ3) is 4.22. The van der Waals surface area contributed by atoms with Crippen LogP contribution in [0.2, 0.25) is 0 Å². The smallest absolute Gasteiger partial charge is 0.000978 e. The standard InChI is InChI=1S/C12H23NS/c14-8-2-1-7-13(9-11-3-4-11)10-12-5-6-12/h11-12,14H,1-10H2. The lowest BCUT2D eigenvalue weighted by atomic mass is 10.2. The van der Waals surface area contributed by atoms with Crippen molar-refractivity contribution in [3.63, 3.8) is 0 Å². The van der Waals surface area contributed by atoms with Crippen molar-refractivity contribution in [2.45, 2.75) is 38.5 Å². The average molecular weight is 213 g/mol. The van der Waals surface area contributed by atoms with Gasteiger partial charge in [0.1, 0.15) is 0 Å². The van der Waals surface area contributed by atoms with Crippen LogP contribution in [0, 0.1) is 11.8 Å². The molecule has 0 aromatic rings. The van der Waals surface area contributed by atoms with E-state index < -0.39 is 0 Å². The Kier molecular flexibility index (Phi) is 4.18. The zero-order valence-electron chi connectivity index (χ0n) is 9.12. The summed E-state index contributed by atoms with van der Waals surface area (Å²) in [6.07, 6.45) is 8.61. The first kappa shape index (κ1) is 10.8. The van der Waals surface area contributed by atoms with Crippen LogP contribution in [-0.2, 0) is 0 Å². The second-order valence-corrected chi connectivity index (χ2v) is 5.52. The van der Waals surface area contributed by atoms with E-state index in [0.29, 0.717) is 0 Å². The van der Waals surface area contributed by atoms with Crippen LogP contribution < -0.4 is 0 Å². The Morgan fingerprint density at radius 1 is 0.929 bits per heavy atom. The van der Waals surface area contributed by atoms with Gasteiger partial charge in [-0.2, -0.15) is 12.6 Å². The van der Waals surface area contributed by atoms with Crippen molar-refractivity contribution >= 4 is 12.6 Å². The Morgan fingerprint density at radius 2 is 1.50 bits per heavy atom. The van der Waals surface area contributed by atoms with Crippen LogP contribution in [0.15, 0.2) is 0 Å². The highest BCUT2D eigenvalue weighted by Crippen LogP contribution is 2.33. The Hall–Kier alpha value is 0.310. The third-order valence-electron chi connectivity index (χ3n) is 3.31. The Bertz CT molecular complexity index is 150. The molecule has 0 N–H and O–H groups in total. The molecule has 0 aromatic heterocycles. The molecule has 2 aliphatic carbocycles. The highest BCUT2D eigenvalue weighted by atomic mass is 32.1. The van der Waals surface area contributed by atoms with Crippen molar-refractivity contribution in [3.8, 4) is 0 Å². The summed E-state index contributed by atoms with van der Waals surface area (Å²) in [7, 11) is 0. The van der Waals surface area contributed by atoms with Crippen LogP contribution in [0.4, 0.5) is 0 Å². The summed E-state index contributed by atoms with van der Waals surface area (Å²) in [5.41, 5.74) is 0. The van der Waals surface area contributed by atoms with Gasteiger partial charge in [0.15, 0.2) is 0 Å². The first-order valence-corrected chi connectivity index (χ1v) is 6.85. The SMILES string of the molecule is SCCCCN(CC1CC1)CC1CC1.